The van der Waals surface area contributed by atoms with Gasteiger partial charge in [-0.1, -0.05) is 12.1 Å². The summed E-state index contributed by atoms with van der Waals surface area (Å²) in [6, 6.07) is 17.6. The lowest BCUT2D eigenvalue weighted by molar-refractivity contribution is 0.102. The molecule has 6 nitrogen and oxygen atoms in total. The molecule has 0 spiro atoms. The van der Waals surface area contributed by atoms with Crippen molar-refractivity contribution in [2.45, 2.75) is 13.8 Å². The molecule has 2 N–H and O–H groups in total. The molecule has 0 atom stereocenters. The Morgan fingerprint density at radius 3 is 2.03 bits per heavy atom. The van der Waals surface area contributed by atoms with Crippen molar-refractivity contribution in [1.29, 1.82) is 0 Å². The zero-order valence-electron chi connectivity index (χ0n) is 16.1. The van der Waals surface area contributed by atoms with Crippen LogP contribution in [0.3, 0.4) is 0 Å². The third-order valence-electron chi connectivity index (χ3n) is 4.50. The van der Waals surface area contributed by atoms with E-state index < -0.39 is 0 Å². The zero-order valence-corrected chi connectivity index (χ0v) is 16.1. The first kappa shape index (κ1) is 18.6. The summed E-state index contributed by atoms with van der Waals surface area (Å²) in [5.41, 5.74) is 4.24. The minimum Gasteiger partial charge on any atom is -0.454 e. The molecular formula is C23H20N2O4. The van der Waals surface area contributed by atoms with Crippen LogP contribution in [0.25, 0.3) is 0 Å². The molecule has 29 heavy (non-hydrogen) atoms. The van der Waals surface area contributed by atoms with Crippen LogP contribution in [0.2, 0.25) is 0 Å². The number of nitrogens with one attached hydrogen (secondary N) is 2. The topological polar surface area (TPSA) is 76.7 Å². The Labute approximate surface area is 168 Å². The van der Waals surface area contributed by atoms with E-state index in [1.165, 1.54) is 0 Å². The summed E-state index contributed by atoms with van der Waals surface area (Å²) in [7, 11) is 0. The zero-order chi connectivity index (χ0) is 20.4. The molecule has 0 fully saturated rings. The van der Waals surface area contributed by atoms with Gasteiger partial charge in [-0.3, -0.25) is 9.59 Å². The van der Waals surface area contributed by atoms with Crippen molar-refractivity contribution in [1.82, 2.24) is 0 Å². The van der Waals surface area contributed by atoms with E-state index >= 15 is 0 Å². The maximum absolute atomic E-state index is 12.6. The van der Waals surface area contributed by atoms with Crippen molar-refractivity contribution in [2.75, 3.05) is 17.4 Å². The predicted molar refractivity (Wildman–Crippen MR) is 111 cm³/mol. The molecule has 0 radical (unpaired) electrons. The molecule has 3 aromatic rings. The van der Waals surface area contributed by atoms with Crippen LogP contribution in [0.15, 0.2) is 60.7 Å². The van der Waals surface area contributed by atoms with Gasteiger partial charge in [0.05, 0.1) is 0 Å². The third kappa shape index (κ3) is 4.21. The van der Waals surface area contributed by atoms with Gasteiger partial charge in [-0.2, -0.15) is 0 Å². The molecule has 6 heteroatoms. The molecule has 3 aromatic carbocycles. The van der Waals surface area contributed by atoms with Crippen molar-refractivity contribution in [2.24, 2.45) is 0 Å². The highest BCUT2D eigenvalue weighted by Crippen LogP contribution is 2.34. The quantitative estimate of drug-likeness (QED) is 0.688. The highest BCUT2D eigenvalue weighted by atomic mass is 16.7. The number of aryl methyl sites for hydroxylation is 2. The van der Waals surface area contributed by atoms with Gasteiger partial charge in [0.15, 0.2) is 11.5 Å². The summed E-state index contributed by atoms with van der Waals surface area (Å²) in [6.07, 6.45) is 0. The number of benzene rings is 3. The highest BCUT2D eigenvalue weighted by molar-refractivity contribution is 6.08. The van der Waals surface area contributed by atoms with Gasteiger partial charge in [0.25, 0.3) is 11.8 Å². The van der Waals surface area contributed by atoms with Crippen molar-refractivity contribution in [3.8, 4) is 11.5 Å². The monoisotopic (exact) mass is 388 g/mol. The van der Waals surface area contributed by atoms with E-state index in [0.717, 1.165) is 16.8 Å². The summed E-state index contributed by atoms with van der Waals surface area (Å²) in [5, 5.41) is 5.70. The van der Waals surface area contributed by atoms with Crippen molar-refractivity contribution in [3.05, 3.63) is 82.9 Å². The Hall–Kier alpha value is -3.80. The Morgan fingerprint density at radius 2 is 1.34 bits per heavy atom. The van der Waals surface area contributed by atoms with Gasteiger partial charge < -0.3 is 20.1 Å². The smallest absolute Gasteiger partial charge is 0.255 e. The molecule has 146 valence electrons. The van der Waals surface area contributed by atoms with E-state index in [4.69, 9.17) is 9.47 Å². The number of ether oxygens (including phenoxy) is 2. The highest BCUT2D eigenvalue weighted by Gasteiger charge is 2.15. The summed E-state index contributed by atoms with van der Waals surface area (Å²) in [6.45, 7) is 4.12. The van der Waals surface area contributed by atoms with Crippen LogP contribution >= 0.6 is 0 Å². The second kappa shape index (κ2) is 7.67. The summed E-state index contributed by atoms with van der Waals surface area (Å²) >= 11 is 0. The molecule has 1 heterocycles. The van der Waals surface area contributed by atoms with E-state index in [1.54, 1.807) is 42.5 Å². The Balaban J connectivity index is 1.49. The number of amides is 2. The van der Waals surface area contributed by atoms with Crippen LogP contribution < -0.4 is 20.1 Å². The SMILES string of the molecule is Cc1cc(C)cc(NC(=O)c2cccc(C(=O)Nc3ccc4c(c3)OCO4)c2)c1. The fourth-order valence-electron chi connectivity index (χ4n) is 3.23. The third-order valence-corrected chi connectivity index (χ3v) is 4.50. The fourth-order valence-corrected chi connectivity index (χ4v) is 3.23. The molecule has 1 aliphatic heterocycles. The molecule has 2 amide bonds. The van der Waals surface area contributed by atoms with E-state index in [-0.39, 0.29) is 18.6 Å². The van der Waals surface area contributed by atoms with Crippen LogP contribution in [0.1, 0.15) is 31.8 Å². The molecule has 1 aliphatic rings. The van der Waals surface area contributed by atoms with E-state index in [1.807, 2.05) is 32.0 Å². The van der Waals surface area contributed by atoms with Gasteiger partial charge in [0.2, 0.25) is 6.79 Å². The van der Waals surface area contributed by atoms with Crippen molar-refractivity contribution >= 4 is 23.2 Å². The average Bonchev–Trinajstić information content (AvgIpc) is 3.15. The first-order chi connectivity index (χ1) is 14.0. The molecule has 0 bridgehead atoms. The number of rotatable bonds is 4. The minimum atomic E-state index is -0.315. The largest absolute Gasteiger partial charge is 0.454 e. The second-order valence-electron chi connectivity index (χ2n) is 6.93. The van der Waals surface area contributed by atoms with E-state index in [2.05, 4.69) is 10.6 Å². The molecule has 0 aliphatic carbocycles. The first-order valence-electron chi connectivity index (χ1n) is 9.19. The molecule has 4 rings (SSSR count). The molecule has 0 saturated heterocycles. The minimum absolute atomic E-state index is 0.171. The number of carbonyl (C=O) groups is 2. The number of carbonyl (C=O) groups excluding carboxylic acids is 2. The lowest BCUT2D eigenvalue weighted by Crippen LogP contribution is -2.15. The predicted octanol–water partition coefficient (Wildman–Crippen LogP) is 4.54. The van der Waals surface area contributed by atoms with Crippen LogP contribution in [0, 0.1) is 13.8 Å². The molecule has 0 unspecified atom stereocenters. The summed E-state index contributed by atoms with van der Waals surface area (Å²) in [4.78, 5) is 25.2. The van der Waals surface area contributed by atoms with Gasteiger partial charge in [0.1, 0.15) is 0 Å². The van der Waals surface area contributed by atoms with Gasteiger partial charge in [-0.15, -0.1) is 0 Å². The summed E-state index contributed by atoms with van der Waals surface area (Å²) < 4.78 is 10.6. The number of hydrogen-bond donors (Lipinski definition) is 2. The molecular weight excluding hydrogens is 368 g/mol. The average molecular weight is 388 g/mol. The maximum atomic E-state index is 12.6. The lowest BCUT2D eigenvalue weighted by Gasteiger charge is -2.10. The van der Waals surface area contributed by atoms with Crippen LogP contribution in [-0.4, -0.2) is 18.6 Å². The summed E-state index contributed by atoms with van der Waals surface area (Å²) in [5.74, 6) is 0.648. The Bertz CT molecular complexity index is 1090. The number of anilines is 2. The van der Waals surface area contributed by atoms with E-state index in [0.29, 0.717) is 28.3 Å². The standard InChI is InChI=1S/C23H20N2O4/c1-14-8-15(2)10-19(9-14)25-23(27)17-5-3-4-16(11-17)22(26)24-18-6-7-20-21(12-18)29-13-28-20/h3-12H,13H2,1-2H3,(H,24,26)(H,25,27). The Kier molecular flexibility index (Phi) is 4.91. The molecule has 0 saturated carbocycles. The number of hydrogen-bond acceptors (Lipinski definition) is 4. The van der Waals surface area contributed by atoms with Crippen LogP contribution in [0.4, 0.5) is 11.4 Å². The van der Waals surface area contributed by atoms with Gasteiger partial charge >= 0.3 is 0 Å². The van der Waals surface area contributed by atoms with Crippen molar-refractivity contribution in [3.63, 3.8) is 0 Å². The first-order valence-corrected chi connectivity index (χ1v) is 9.19. The Morgan fingerprint density at radius 1 is 0.724 bits per heavy atom. The maximum Gasteiger partial charge on any atom is 0.255 e. The van der Waals surface area contributed by atoms with Crippen molar-refractivity contribution < 1.29 is 19.1 Å². The van der Waals surface area contributed by atoms with Gasteiger partial charge in [-0.05, 0) is 67.4 Å². The lowest BCUT2D eigenvalue weighted by atomic mass is 10.1. The molecule has 0 aromatic heterocycles. The van der Waals surface area contributed by atoms with Gasteiger partial charge in [-0.25, -0.2) is 0 Å². The normalized spacial score (nSPS) is 11.8. The van der Waals surface area contributed by atoms with E-state index in [9.17, 15) is 9.59 Å². The van der Waals surface area contributed by atoms with Gasteiger partial charge in [0, 0.05) is 28.6 Å². The second-order valence-corrected chi connectivity index (χ2v) is 6.93. The van der Waals surface area contributed by atoms with Crippen LogP contribution in [0.5, 0.6) is 11.5 Å². The van der Waals surface area contributed by atoms with Crippen LogP contribution in [-0.2, 0) is 0 Å². The number of fused-ring (bicyclic) bond motifs is 1. The fraction of sp³-hybridized carbons (Fsp3) is 0.130.